The average molecular weight is 1070 g/mol. The molecular weight excluding hydrogens is 1020 g/mol. The second-order valence-corrected chi connectivity index (χ2v) is 22.2. The molecule has 6 nitrogen and oxygen atoms in total. The second kappa shape index (κ2) is 17.1. The van der Waals surface area contributed by atoms with E-state index in [4.69, 9.17) is 8.83 Å². The van der Waals surface area contributed by atoms with E-state index in [0.29, 0.717) is 0 Å². The van der Waals surface area contributed by atoms with Gasteiger partial charge in [0.15, 0.2) is 0 Å². The fourth-order valence-corrected chi connectivity index (χ4v) is 14.6. The number of benzene rings is 13. The Bertz CT molecular complexity index is 5490. The summed E-state index contributed by atoms with van der Waals surface area (Å²) in [6.07, 6.45) is 0. The third-order valence-electron chi connectivity index (χ3n) is 17.9. The summed E-state index contributed by atoms with van der Waals surface area (Å²) in [5.74, 6) is 0. The number of nitrogens with zero attached hydrogens (tertiary/aromatic N) is 4. The van der Waals surface area contributed by atoms with Gasteiger partial charge in [0.25, 0.3) is 0 Å². The minimum absolute atomic E-state index is 0.869. The lowest BCUT2D eigenvalue weighted by molar-refractivity contribution is 0.668. The van der Waals surface area contributed by atoms with Gasteiger partial charge in [-0.2, -0.15) is 0 Å². The standard InChI is InChI=1S/C78H46N4O2/c1-5-21-47(22-6-1)69-73-57-39-41-63(79(49-25-9-3-10-26-49)51-37-43-67-59(45-51)53-29-15-19-35-65(53)83-67)71-56-32-14-18-34-62(56)82(75(57)71)78(73)70(48-23-7-2-8-24-48)74-58-40-42-64(72-55-31-13-17-33-61(55)81(76(58)72)77(69)74)80(50-27-11-4-12-28-50)52-38-44-68-60(46-52)54-30-16-20-36-66(54)84-68/h1-46H. The summed E-state index contributed by atoms with van der Waals surface area (Å²) in [5.41, 5.74) is 21.8. The molecule has 0 atom stereocenters. The minimum Gasteiger partial charge on any atom is -0.456 e. The quantitative estimate of drug-likeness (QED) is 0.152. The van der Waals surface area contributed by atoms with Crippen LogP contribution in [0.25, 0.3) is 142 Å². The highest BCUT2D eigenvalue weighted by atomic mass is 16.3. The highest BCUT2D eigenvalue weighted by molar-refractivity contribution is 6.39. The summed E-state index contributed by atoms with van der Waals surface area (Å²) in [4.78, 5) is 4.89. The van der Waals surface area contributed by atoms with Crippen molar-refractivity contribution in [1.82, 2.24) is 8.80 Å². The number of anilines is 6. The molecule has 0 saturated heterocycles. The number of hydrogen-bond donors (Lipinski definition) is 0. The average Bonchev–Trinajstić information content (AvgIpc) is 1.58. The van der Waals surface area contributed by atoms with E-state index >= 15 is 0 Å². The van der Waals surface area contributed by atoms with Gasteiger partial charge in [0.05, 0.1) is 44.5 Å². The molecule has 84 heavy (non-hydrogen) atoms. The molecule has 6 aromatic heterocycles. The summed E-state index contributed by atoms with van der Waals surface area (Å²) in [6.45, 7) is 0. The van der Waals surface area contributed by atoms with Crippen molar-refractivity contribution >= 4 is 154 Å². The molecule has 19 aromatic rings. The number of furan rings is 2. The van der Waals surface area contributed by atoms with Gasteiger partial charge in [0.2, 0.25) is 0 Å². The lowest BCUT2D eigenvalue weighted by Crippen LogP contribution is -2.10. The predicted molar refractivity (Wildman–Crippen MR) is 351 cm³/mol. The zero-order valence-electron chi connectivity index (χ0n) is 45.2. The normalized spacial score (nSPS) is 12.3. The molecular formula is C78H46N4O2. The highest BCUT2D eigenvalue weighted by Crippen LogP contribution is 2.57. The Balaban J connectivity index is 0.978. The van der Waals surface area contributed by atoms with Crippen molar-refractivity contribution in [2.24, 2.45) is 0 Å². The largest absolute Gasteiger partial charge is 0.456 e. The Morgan fingerprint density at radius 3 is 1.02 bits per heavy atom. The summed E-state index contributed by atoms with van der Waals surface area (Å²) in [6, 6.07) is 102. The van der Waals surface area contributed by atoms with Gasteiger partial charge >= 0.3 is 0 Å². The Hall–Kier alpha value is -11.3. The van der Waals surface area contributed by atoms with E-state index in [1.165, 1.54) is 76.3 Å². The van der Waals surface area contributed by atoms with Crippen LogP contribution < -0.4 is 9.80 Å². The monoisotopic (exact) mass is 1070 g/mol. The van der Waals surface area contributed by atoms with E-state index in [9.17, 15) is 0 Å². The number of aromatic nitrogens is 2. The molecule has 0 aliphatic carbocycles. The van der Waals surface area contributed by atoms with Crippen molar-refractivity contribution in [3.05, 3.63) is 279 Å². The second-order valence-electron chi connectivity index (χ2n) is 22.2. The van der Waals surface area contributed by atoms with Crippen molar-refractivity contribution < 1.29 is 8.83 Å². The topological polar surface area (TPSA) is 41.6 Å². The lowest BCUT2D eigenvalue weighted by atomic mass is 9.89. The maximum Gasteiger partial charge on any atom is 0.135 e. The molecule has 390 valence electrons. The van der Waals surface area contributed by atoms with Crippen molar-refractivity contribution in [2.75, 3.05) is 9.80 Å². The molecule has 0 saturated carbocycles. The van der Waals surface area contributed by atoms with E-state index in [1.54, 1.807) is 0 Å². The van der Waals surface area contributed by atoms with Crippen LogP contribution in [0.4, 0.5) is 34.1 Å². The Kier molecular flexibility index (Phi) is 9.24. The van der Waals surface area contributed by atoms with Crippen LogP contribution in [0.3, 0.4) is 0 Å². The first-order valence-corrected chi connectivity index (χ1v) is 28.7. The molecule has 6 heteroatoms. The van der Waals surface area contributed by atoms with E-state index in [-0.39, 0.29) is 0 Å². The summed E-state index contributed by atoms with van der Waals surface area (Å²) >= 11 is 0. The van der Waals surface area contributed by atoms with Crippen LogP contribution in [0.15, 0.2) is 288 Å². The maximum absolute atomic E-state index is 6.42. The van der Waals surface area contributed by atoms with Gasteiger partial charge in [-0.15, -0.1) is 0 Å². The fourth-order valence-electron chi connectivity index (χ4n) is 14.6. The molecule has 0 N–H and O–H groups in total. The van der Waals surface area contributed by atoms with Crippen LogP contribution in [0.1, 0.15) is 0 Å². The lowest BCUT2D eigenvalue weighted by Gasteiger charge is -2.26. The van der Waals surface area contributed by atoms with Gasteiger partial charge in [0.1, 0.15) is 22.3 Å². The minimum atomic E-state index is 0.869. The molecule has 0 unspecified atom stereocenters. The van der Waals surface area contributed by atoms with Crippen molar-refractivity contribution in [3.8, 4) is 22.3 Å². The van der Waals surface area contributed by atoms with Gasteiger partial charge in [-0.25, -0.2) is 0 Å². The molecule has 19 rings (SSSR count). The molecule has 0 bridgehead atoms. The number of hydrogen-bond acceptors (Lipinski definition) is 4. The third-order valence-corrected chi connectivity index (χ3v) is 17.9. The van der Waals surface area contributed by atoms with Gasteiger partial charge in [-0.05, 0) is 108 Å². The number of para-hydroxylation sites is 6. The zero-order valence-corrected chi connectivity index (χ0v) is 45.2. The van der Waals surface area contributed by atoms with Gasteiger partial charge in [-0.3, -0.25) is 0 Å². The van der Waals surface area contributed by atoms with E-state index in [0.717, 1.165) is 100 Å². The first kappa shape index (κ1) is 45.4. The molecule has 6 heterocycles. The molecule has 0 spiro atoms. The van der Waals surface area contributed by atoms with Crippen molar-refractivity contribution in [1.29, 1.82) is 0 Å². The Morgan fingerprint density at radius 1 is 0.238 bits per heavy atom. The number of fused-ring (bicyclic) bond motifs is 18. The molecule has 0 aliphatic rings. The van der Waals surface area contributed by atoms with Crippen LogP contribution in [-0.2, 0) is 0 Å². The summed E-state index contributed by atoms with van der Waals surface area (Å²) in [5, 5.41) is 14.0. The zero-order chi connectivity index (χ0) is 54.7. The Morgan fingerprint density at radius 2 is 0.595 bits per heavy atom. The van der Waals surface area contributed by atoms with E-state index in [1.807, 2.05) is 12.1 Å². The molecule has 0 radical (unpaired) electrons. The number of rotatable bonds is 8. The molecule has 0 amide bonds. The van der Waals surface area contributed by atoms with Crippen LogP contribution in [0.5, 0.6) is 0 Å². The summed E-state index contributed by atoms with van der Waals surface area (Å²) < 4.78 is 18.1. The highest BCUT2D eigenvalue weighted by Gasteiger charge is 2.33. The van der Waals surface area contributed by atoms with Crippen LogP contribution in [-0.4, -0.2) is 8.80 Å². The van der Waals surface area contributed by atoms with Crippen LogP contribution in [0.2, 0.25) is 0 Å². The fraction of sp³-hybridized carbons (Fsp3) is 0. The first-order chi connectivity index (χ1) is 41.7. The van der Waals surface area contributed by atoms with E-state index < -0.39 is 0 Å². The van der Waals surface area contributed by atoms with Crippen molar-refractivity contribution in [2.45, 2.75) is 0 Å². The molecule has 0 aliphatic heterocycles. The predicted octanol–water partition coefficient (Wildman–Crippen LogP) is 22.1. The third kappa shape index (κ3) is 6.12. The Labute approximate surface area is 480 Å². The van der Waals surface area contributed by atoms with Crippen LogP contribution >= 0.6 is 0 Å². The molecule has 0 fully saturated rings. The SMILES string of the molecule is c1ccc(-c2c3c4ccc(N(c5ccccc5)c5ccc6oc7ccccc7c6c5)c5c6ccccc6n(c3c(-c3ccccc3)c3c6ccc(N(c7ccccc7)c7ccc8oc9ccccc9c8c7)c7c8ccccc8n(c23)c67)c45)cc1. The van der Waals surface area contributed by atoms with Gasteiger partial charge in [0, 0.05) is 98.5 Å². The van der Waals surface area contributed by atoms with Gasteiger partial charge < -0.3 is 27.4 Å². The summed E-state index contributed by atoms with van der Waals surface area (Å²) in [7, 11) is 0. The smallest absolute Gasteiger partial charge is 0.135 e. The maximum atomic E-state index is 6.42. The van der Waals surface area contributed by atoms with Crippen LogP contribution in [0, 0.1) is 0 Å². The van der Waals surface area contributed by atoms with Gasteiger partial charge in [-0.1, -0.05) is 182 Å². The molecule has 13 aromatic carbocycles. The first-order valence-electron chi connectivity index (χ1n) is 28.7. The van der Waals surface area contributed by atoms with E-state index in [2.05, 4.69) is 286 Å². The van der Waals surface area contributed by atoms with Crippen molar-refractivity contribution in [3.63, 3.8) is 0 Å².